The standard InChI is InChI=1S/C14H13FO2/c1-16-12-7-8-14(17-2)13(9-12)10-3-5-11(15)6-4-10/h3-9H,1-2H3. The summed E-state index contributed by atoms with van der Waals surface area (Å²) in [7, 11) is 3.21. The first-order valence-electron chi connectivity index (χ1n) is 5.22. The molecule has 88 valence electrons. The Morgan fingerprint density at radius 1 is 0.882 bits per heavy atom. The van der Waals surface area contributed by atoms with Crippen LogP contribution >= 0.6 is 0 Å². The van der Waals surface area contributed by atoms with E-state index in [2.05, 4.69) is 0 Å². The fourth-order valence-electron chi connectivity index (χ4n) is 1.67. The van der Waals surface area contributed by atoms with Crippen molar-refractivity contribution >= 4 is 0 Å². The highest BCUT2D eigenvalue weighted by Crippen LogP contribution is 2.33. The molecule has 0 aliphatic rings. The molecule has 0 saturated heterocycles. The van der Waals surface area contributed by atoms with Crippen molar-refractivity contribution < 1.29 is 13.9 Å². The number of ether oxygens (including phenoxy) is 2. The molecule has 0 fully saturated rings. The summed E-state index contributed by atoms with van der Waals surface area (Å²) < 4.78 is 23.3. The third-order valence-corrected chi connectivity index (χ3v) is 2.56. The van der Waals surface area contributed by atoms with Crippen LogP contribution < -0.4 is 9.47 Å². The van der Waals surface area contributed by atoms with Crippen LogP contribution in [-0.2, 0) is 0 Å². The van der Waals surface area contributed by atoms with E-state index in [0.29, 0.717) is 0 Å². The average molecular weight is 232 g/mol. The molecule has 3 heteroatoms. The third-order valence-electron chi connectivity index (χ3n) is 2.56. The molecule has 2 aromatic rings. The second-order valence-electron chi connectivity index (χ2n) is 3.57. The minimum Gasteiger partial charge on any atom is -0.497 e. The van der Waals surface area contributed by atoms with Gasteiger partial charge in [0.1, 0.15) is 17.3 Å². The first kappa shape index (κ1) is 11.5. The number of methoxy groups -OCH3 is 2. The maximum Gasteiger partial charge on any atom is 0.126 e. The summed E-state index contributed by atoms with van der Waals surface area (Å²) in [6.45, 7) is 0. The molecule has 17 heavy (non-hydrogen) atoms. The molecule has 0 heterocycles. The Morgan fingerprint density at radius 3 is 2.18 bits per heavy atom. The Kier molecular flexibility index (Phi) is 3.28. The number of benzene rings is 2. The quantitative estimate of drug-likeness (QED) is 0.806. The minimum absolute atomic E-state index is 0.254. The van der Waals surface area contributed by atoms with Crippen LogP contribution in [0.25, 0.3) is 11.1 Å². The van der Waals surface area contributed by atoms with Gasteiger partial charge in [-0.15, -0.1) is 0 Å². The normalized spacial score (nSPS) is 10.1. The zero-order chi connectivity index (χ0) is 12.3. The van der Waals surface area contributed by atoms with Gasteiger partial charge in [-0.05, 0) is 35.9 Å². The Bertz CT molecular complexity index is 506. The van der Waals surface area contributed by atoms with Crippen molar-refractivity contribution in [2.24, 2.45) is 0 Å². The van der Waals surface area contributed by atoms with Crippen LogP contribution in [0.2, 0.25) is 0 Å². The van der Waals surface area contributed by atoms with Gasteiger partial charge < -0.3 is 9.47 Å². The molecule has 2 aromatic carbocycles. The van der Waals surface area contributed by atoms with E-state index in [-0.39, 0.29) is 5.82 Å². The van der Waals surface area contributed by atoms with Crippen LogP contribution in [0.1, 0.15) is 0 Å². The van der Waals surface area contributed by atoms with E-state index in [4.69, 9.17) is 9.47 Å². The Hall–Kier alpha value is -2.03. The Balaban J connectivity index is 2.51. The molecule has 0 radical (unpaired) electrons. The van der Waals surface area contributed by atoms with E-state index >= 15 is 0 Å². The molecule has 0 aromatic heterocycles. The topological polar surface area (TPSA) is 18.5 Å². The highest BCUT2D eigenvalue weighted by molar-refractivity contribution is 5.72. The number of halogens is 1. The summed E-state index contributed by atoms with van der Waals surface area (Å²) in [5, 5.41) is 0. The number of hydrogen-bond donors (Lipinski definition) is 0. The summed E-state index contributed by atoms with van der Waals surface area (Å²) in [5.74, 6) is 1.22. The van der Waals surface area contributed by atoms with E-state index in [9.17, 15) is 4.39 Å². The molecule has 0 bridgehead atoms. The van der Waals surface area contributed by atoms with Crippen molar-refractivity contribution in [3.63, 3.8) is 0 Å². The molecular weight excluding hydrogens is 219 g/mol. The van der Waals surface area contributed by atoms with Crippen LogP contribution in [0.15, 0.2) is 42.5 Å². The molecule has 2 nitrogen and oxygen atoms in total. The van der Waals surface area contributed by atoms with Crippen molar-refractivity contribution in [2.75, 3.05) is 14.2 Å². The maximum atomic E-state index is 12.9. The van der Waals surface area contributed by atoms with Crippen molar-refractivity contribution in [1.29, 1.82) is 0 Å². The van der Waals surface area contributed by atoms with Crippen LogP contribution in [0.5, 0.6) is 11.5 Å². The largest absolute Gasteiger partial charge is 0.497 e. The maximum absolute atomic E-state index is 12.9. The molecule has 0 saturated carbocycles. The molecule has 0 atom stereocenters. The summed E-state index contributed by atoms with van der Waals surface area (Å²) in [4.78, 5) is 0. The first-order valence-corrected chi connectivity index (χ1v) is 5.22. The SMILES string of the molecule is COc1ccc(OC)c(-c2ccc(F)cc2)c1. The predicted octanol–water partition coefficient (Wildman–Crippen LogP) is 3.51. The second kappa shape index (κ2) is 4.87. The lowest BCUT2D eigenvalue weighted by molar-refractivity contribution is 0.404. The first-order chi connectivity index (χ1) is 8.24. The van der Waals surface area contributed by atoms with Gasteiger partial charge in [-0.2, -0.15) is 0 Å². The van der Waals surface area contributed by atoms with E-state index in [0.717, 1.165) is 22.6 Å². The van der Waals surface area contributed by atoms with E-state index in [1.807, 2.05) is 18.2 Å². The summed E-state index contributed by atoms with van der Waals surface area (Å²) >= 11 is 0. The molecule has 0 spiro atoms. The molecule has 0 unspecified atom stereocenters. The minimum atomic E-state index is -0.254. The van der Waals surface area contributed by atoms with Crippen LogP contribution in [-0.4, -0.2) is 14.2 Å². The Labute approximate surface area is 99.6 Å². The van der Waals surface area contributed by atoms with E-state index in [1.54, 1.807) is 26.4 Å². The van der Waals surface area contributed by atoms with Crippen molar-refractivity contribution in [3.05, 3.63) is 48.3 Å². The molecule has 0 aliphatic carbocycles. The second-order valence-corrected chi connectivity index (χ2v) is 3.57. The number of rotatable bonds is 3. The van der Waals surface area contributed by atoms with E-state index < -0.39 is 0 Å². The monoisotopic (exact) mass is 232 g/mol. The summed E-state index contributed by atoms with van der Waals surface area (Å²) in [5.41, 5.74) is 1.77. The lowest BCUT2D eigenvalue weighted by Crippen LogP contribution is -1.90. The van der Waals surface area contributed by atoms with Gasteiger partial charge in [-0.25, -0.2) is 4.39 Å². The van der Waals surface area contributed by atoms with Crippen molar-refractivity contribution in [3.8, 4) is 22.6 Å². The zero-order valence-corrected chi connectivity index (χ0v) is 9.74. The molecule has 2 rings (SSSR count). The van der Waals surface area contributed by atoms with Crippen molar-refractivity contribution in [2.45, 2.75) is 0 Å². The van der Waals surface area contributed by atoms with Gasteiger partial charge in [0.25, 0.3) is 0 Å². The molecule has 0 aliphatic heterocycles. The van der Waals surface area contributed by atoms with Gasteiger partial charge >= 0.3 is 0 Å². The molecule has 0 N–H and O–H groups in total. The number of hydrogen-bond acceptors (Lipinski definition) is 2. The van der Waals surface area contributed by atoms with Crippen molar-refractivity contribution in [1.82, 2.24) is 0 Å². The lowest BCUT2D eigenvalue weighted by Gasteiger charge is -2.10. The average Bonchev–Trinajstić information content (AvgIpc) is 2.39. The zero-order valence-electron chi connectivity index (χ0n) is 9.74. The predicted molar refractivity (Wildman–Crippen MR) is 64.9 cm³/mol. The van der Waals surface area contributed by atoms with Crippen LogP contribution in [0.4, 0.5) is 4.39 Å². The lowest BCUT2D eigenvalue weighted by atomic mass is 10.0. The van der Waals surface area contributed by atoms with Gasteiger partial charge in [0, 0.05) is 5.56 Å². The van der Waals surface area contributed by atoms with E-state index in [1.165, 1.54) is 12.1 Å². The van der Waals surface area contributed by atoms with Gasteiger partial charge in [0.2, 0.25) is 0 Å². The third kappa shape index (κ3) is 2.38. The highest BCUT2D eigenvalue weighted by Gasteiger charge is 2.07. The molecular formula is C14H13FO2. The Morgan fingerprint density at radius 2 is 1.59 bits per heavy atom. The summed E-state index contributed by atoms with van der Waals surface area (Å²) in [6.07, 6.45) is 0. The molecule has 0 amide bonds. The summed E-state index contributed by atoms with van der Waals surface area (Å²) in [6, 6.07) is 11.8. The fourth-order valence-corrected chi connectivity index (χ4v) is 1.67. The van der Waals surface area contributed by atoms with Gasteiger partial charge in [0.05, 0.1) is 14.2 Å². The fraction of sp³-hybridized carbons (Fsp3) is 0.143. The smallest absolute Gasteiger partial charge is 0.126 e. The van der Waals surface area contributed by atoms with Gasteiger partial charge in [-0.1, -0.05) is 12.1 Å². The van der Waals surface area contributed by atoms with Gasteiger partial charge in [0.15, 0.2) is 0 Å². The van der Waals surface area contributed by atoms with Gasteiger partial charge in [-0.3, -0.25) is 0 Å². The van der Waals surface area contributed by atoms with Crippen LogP contribution in [0, 0.1) is 5.82 Å². The van der Waals surface area contributed by atoms with Crippen LogP contribution in [0.3, 0.4) is 0 Å². The highest BCUT2D eigenvalue weighted by atomic mass is 19.1.